The van der Waals surface area contributed by atoms with Crippen molar-refractivity contribution in [2.45, 2.75) is 36.5 Å². The molecule has 0 saturated carbocycles. The maximum atomic E-state index is 13.3. The second-order valence-electron chi connectivity index (χ2n) is 9.15. The van der Waals surface area contributed by atoms with Crippen LogP contribution >= 0.6 is 0 Å². The lowest BCUT2D eigenvalue weighted by Crippen LogP contribution is -2.48. The average Bonchev–Trinajstić information content (AvgIpc) is 2.83. The van der Waals surface area contributed by atoms with Gasteiger partial charge >= 0.3 is 0 Å². The van der Waals surface area contributed by atoms with E-state index in [1.54, 1.807) is 47.8 Å². The number of hydrogen-bond acceptors (Lipinski definition) is 6. The van der Waals surface area contributed by atoms with Gasteiger partial charge in [-0.3, -0.25) is 0 Å². The van der Waals surface area contributed by atoms with Crippen LogP contribution in [-0.2, 0) is 20.0 Å². The van der Waals surface area contributed by atoms with Gasteiger partial charge in [-0.05, 0) is 61.6 Å². The molecule has 0 spiro atoms. The number of rotatable bonds is 6. The molecule has 186 valence electrons. The van der Waals surface area contributed by atoms with Gasteiger partial charge in [0.1, 0.15) is 5.75 Å². The zero-order valence-electron chi connectivity index (χ0n) is 20.0. The number of aryl methyl sites for hydroxylation is 1. The Morgan fingerprint density at radius 2 is 1.53 bits per heavy atom. The minimum atomic E-state index is -3.61. The van der Waals surface area contributed by atoms with Crippen LogP contribution in [0.25, 0.3) is 0 Å². The molecule has 8 nitrogen and oxygen atoms in total. The summed E-state index contributed by atoms with van der Waals surface area (Å²) >= 11 is 0. The molecule has 1 atom stereocenters. The van der Waals surface area contributed by atoms with E-state index in [1.807, 2.05) is 17.9 Å². The third-order valence-electron chi connectivity index (χ3n) is 6.61. The van der Waals surface area contributed by atoms with Gasteiger partial charge in [-0.25, -0.2) is 16.8 Å². The Kier molecular flexibility index (Phi) is 7.23. The monoisotopic (exact) mass is 507 g/mol. The first kappa shape index (κ1) is 25.0. The number of anilines is 1. The minimum absolute atomic E-state index is 0.243. The van der Waals surface area contributed by atoms with Gasteiger partial charge in [0.25, 0.3) is 0 Å². The molecule has 10 heteroatoms. The molecule has 34 heavy (non-hydrogen) atoms. The van der Waals surface area contributed by atoms with E-state index in [1.165, 1.54) is 4.31 Å². The number of piperazine rings is 1. The van der Waals surface area contributed by atoms with Crippen LogP contribution in [0.3, 0.4) is 0 Å². The lowest BCUT2D eigenvalue weighted by molar-refractivity contribution is 0.281. The van der Waals surface area contributed by atoms with Crippen molar-refractivity contribution >= 4 is 25.7 Å². The van der Waals surface area contributed by atoms with E-state index in [4.69, 9.17) is 4.74 Å². The lowest BCUT2D eigenvalue weighted by Gasteiger charge is -2.36. The Hall–Kier alpha value is -2.14. The standard InChI is InChI=1S/C24H33N3O5S2/c1-19-6-4-8-21(16-19)33(28,29)26-14-12-25(13-15-26)23-17-22(9-10-24(23)32-3)34(30,31)27-11-5-7-20(2)18-27/h4,6,8-10,16-17,20H,5,7,11-15,18H2,1-3H3. The normalized spacial score (nSPS) is 20.9. The smallest absolute Gasteiger partial charge is 0.243 e. The van der Waals surface area contributed by atoms with Gasteiger partial charge in [-0.1, -0.05) is 19.1 Å². The molecule has 0 bridgehead atoms. The molecule has 2 aromatic rings. The molecule has 0 aromatic heterocycles. The average molecular weight is 508 g/mol. The van der Waals surface area contributed by atoms with E-state index in [2.05, 4.69) is 6.92 Å². The van der Waals surface area contributed by atoms with Crippen LogP contribution in [0.1, 0.15) is 25.3 Å². The van der Waals surface area contributed by atoms with Gasteiger partial charge < -0.3 is 9.64 Å². The van der Waals surface area contributed by atoms with Crippen LogP contribution in [0.5, 0.6) is 5.75 Å². The maximum absolute atomic E-state index is 13.3. The maximum Gasteiger partial charge on any atom is 0.243 e. The van der Waals surface area contributed by atoms with Crippen LogP contribution < -0.4 is 9.64 Å². The van der Waals surface area contributed by atoms with Crippen molar-refractivity contribution in [2.75, 3.05) is 51.3 Å². The van der Waals surface area contributed by atoms with Gasteiger partial charge in [0, 0.05) is 39.3 Å². The lowest BCUT2D eigenvalue weighted by atomic mass is 10.0. The topological polar surface area (TPSA) is 87.2 Å². The summed E-state index contributed by atoms with van der Waals surface area (Å²) < 4.78 is 61.4. The number of ether oxygens (including phenoxy) is 1. The van der Waals surface area contributed by atoms with Crippen molar-refractivity contribution in [3.8, 4) is 5.75 Å². The number of piperidine rings is 1. The first-order chi connectivity index (χ1) is 16.1. The van der Waals surface area contributed by atoms with Crippen LogP contribution in [0, 0.1) is 12.8 Å². The second-order valence-corrected chi connectivity index (χ2v) is 13.0. The molecule has 2 heterocycles. The number of hydrogen-bond donors (Lipinski definition) is 0. The fourth-order valence-corrected chi connectivity index (χ4v) is 7.83. The largest absolute Gasteiger partial charge is 0.495 e. The predicted molar refractivity (Wildman–Crippen MR) is 132 cm³/mol. The van der Waals surface area contributed by atoms with Crippen LogP contribution in [0.15, 0.2) is 52.3 Å². The van der Waals surface area contributed by atoms with Crippen molar-refractivity contribution in [2.24, 2.45) is 5.92 Å². The summed E-state index contributed by atoms with van der Waals surface area (Å²) in [7, 11) is -5.64. The van der Waals surface area contributed by atoms with E-state index in [0.717, 1.165) is 18.4 Å². The van der Waals surface area contributed by atoms with E-state index < -0.39 is 20.0 Å². The highest BCUT2D eigenvalue weighted by atomic mass is 32.2. The molecule has 0 N–H and O–H groups in total. The highest BCUT2D eigenvalue weighted by Crippen LogP contribution is 2.34. The summed E-state index contributed by atoms with van der Waals surface area (Å²) in [4.78, 5) is 2.54. The van der Waals surface area contributed by atoms with E-state index >= 15 is 0 Å². The zero-order chi connectivity index (χ0) is 24.5. The third kappa shape index (κ3) is 4.95. The van der Waals surface area contributed by atoms with E-state index in [0.29, 0.717) is 61.5 Å². The molecule has 2 fully saturated rings. The fraction of sp³-hybridized carbons (Fsp3) is 0.500. The highest BCUT2D eigenvalue weighted by molar-refractivity contribution is 7.89. The summed E-state index contributed by atoms with van der Waals surface area (Å²) in [6.07, 6.45) is 1.90. The van der Waals surface area contributed by atoms with Crippen molar-refractivity contribution in [3.63, 3.8) is 0 Å². The fourth-order valence-electron chi connectivity index (χ4n) is 4.69. The summed E-state index contributed by atoms with van der Waals surface area (Å²) in [6.45, 7) is 6.49. The molecule has 4 rings (SSSR count). The molecular formula is C24H33N3O5S2. The van der Waals surface area contributed by atoms with Crippen molar-refractivity contribution in [1.82, 2.24) is 8.61 Å². The summed E-state index contributed by atoms with van der Waals surface area (Å²) in [5.41, 5.74) is 1.56. The van der Waals surface area contributed by atoms with E-state index in [9.17, 15) is 16.8 Å². The Bertz CT molecular complexity index is 1240. The van der Waals surface area contributed by atoms with Crippen LogP contribution in [-0.4, -0.2) is 71.8 Å². The van der Waals surface area contributed by atoms with Gasteiger partial charge in [0.15, 0.2) is 0 Å². The predicted octanol–water partition coefficient (Wildman–Crippen LogP) is 2.94. The summed E-state index contributed by atoms with van der Waals surface area (Å²) in [6, 6.07) is 11.9. The molecule has 2 saturated heterocycles. The Labute approximate surface area is 203 Å². The third-order valence-corrected chi connectivity index (χ3v) is 10.4. The number of nitrogens with zero attached hydrogens (tertiary/aromatic N) is 3. The minimum Gasteiger partial charge on any atom is -0.495 e. The molecule has 2 aliphatic rings. The van der Waals surface area contributed by atoms with Crippen LogP contribution in [0.2, 0.25) is 0 Å². The molecule has 0 amide bonds. The summed E-state index contributed by atoms with van der Waals surface area (Å²) in [5, 5.41) is 0. The van der Waals surface area contributed by atoms with E-state index in [-0.39, 0.29) is 4.90 Å². The number of benzene rings is 2. The van der Waals surface area contributed by atoms with Crippen molar-refractivity contribution < 1.29 is 21.6 Å². The van der Waals surface area contributed by atoms with Crippen LogP contribution in [0.4, 0.5) is 5.69 Å². The van der Waals surface area contributed by atoms with Gasteiger partial charge in [0.2, 0.25) is 20.0 Å². The molecule has 0 aliphatic carbocycles. The van der Waals surface area contributed by atoms with Gasteiger partial charge in [-0.2, -0.15) is 8.61 Å². The Balaban J connectivity index is 1.55. The second kappa shape index (κ2) is 9.85. The molecular weight excluding hydrogens is 474 g/mol. The SMILES string of the molecule is COc1ccc(S(=O)(=O)N2CCCC(C)C2)cc1N1CCN(S(=O)(=O)c2cccc(C)c2)CC1. The Morgan fingerprint density at radius 1 is 0.853 bits per heavy atom. The van der Waals surface area contributed by atoms with Crippen molar-refractivity contribution in [3.05, 3.63) is 48.0 Å². The first-order valence-corrected chi connectivity index (χ1v) is 14.5. The molecule has 0 radical (unpaired) electrons. The van der Waals surface area contributed by atoms with Gasteiger partial charge in [0.05, 0.1) is 22.6 Å². The number of sulfonamides is 2. The zero-order valence-corrected chi connectivity index (χ0v) is 21.6. The Morgan fingerprint density at radius 3 is 2.18 bits per heavy atom. The summed E-state index contributed by atoms with van der Waals surface area (Å²) in [5.74, 6) is 0.908. The van der Waals surface area contributed by atoms with Crippen molar-refractivity contribution in [1.29, 1.82) is 0 Å². The first-order valence-electron chi connectivity index (χ1n) is 11.6. The molecule has 2 aromatic carbocycles. The highest BCUT2D eigenvalue weighted by Gasteiger charge is 2.32. The van der Waals surface area contributed by atoms with Gasteiger partial charge in [-0.15, -0.1) is 0 Å². The quantitative estimate of drug-likeness (QED) is 0.598. The molecule has 2 aliphatic heterocycles. The number of methoxy groups -OCH3 is 1. The molecule has 1 unspecified atom stereocenters.